The molecule has 2 rings (SSSR count). The molecule has 1 heterocycles. The lowest BCUT2D eigenvalue weighted by Crippen LogP contribution is -2.04. The van der Waals surface area contributed by atoms with Gasteiger partial charge in [0.1, 0.15) is 11.5 Å². The van der Waals surface area contributed by atoms with Crippen LogP contribution in [0.1, 0.15) is 106 Å². The molecule has 0 atom stereocenters. The molecule has 0 radical (unpaired) electrons. The molecule has 0 aliphatic carbocycles. The van der Waals surface area contributed by atoms with Gasteiger partial charge in [-0.3, -0.25) is 4.79 Å². The largest absolute Gasteiger partial charge is 0.496 e. The SMILES string of the molecule is CCCCCCCCCCCCCC(=O)c1cc(OC)c2c(C)c(C)oc2c1OC. The number of furan rings is 1. The van der Waals surface area contributed by atoms with E-state index >= 15 is 0 Å². The fourth-order valence-electron chi connectivity index (χ4n) is 4.13. The lowest BCUT2D eigenvalue weighted by molar-refractivity contribution is 0.0976. The minimum absolute atomic E-state index is 0.0923. The summed E-state index contributed by atoms with van der Waals surface area (Å²) in [5, 5.41) is 0.887. The number of carbonyl (C=O) groups is 1. The van der Waals surface area contributed by atoms with Gasteiger partial charge in [0.2, 0.25) is 0 Å². The van der Waals surface area contributed by atoms with Gasteiger partial charge in [-0.05, 0) is 26.3 Å². The molecule has 2 aromatic rings. The molecule has 0 saturated heterocycles. The Bertz CT molecular complexity index is 803. The average molecular weight is 417 g/mol. The van der Waals surface area contributed by atoms with Gasteiger partial charge in [-0.15, -0.1) is 0 Å². The van der Waals surface area contributed by atoms with E-state index in [1.807, 2.05) is 19.9 Å². The fourth-order valence-corrected chi connectivity index (χ4v) is 4.13. The van der Waals surface area contributed by atoms with E-state index in [1.165, 1.54) is 57.8 Å². The Kier molecular flexibility index (Phi) is 10.3. The van der Waals surface area contributed by atoms with Crippen LogP contribution in [0.5, 0.6) is 11.5 Å². The van der Waals surface area contributed by atoms with Crippen LogP contribution in [0.2, 0.25) is 0 Å². The third kappa shape index (κ3) is 6.26. The first kappa shape index (κ1) is 24.3. The normalized spacial score (nSPS) is 11.2. The lowest BCUT2D eigenvalue weighted by Gasteiger charge is -2.11. The van der Waals surface area contributed by atoms with Gasteiger partial charge in [-0.1, -0.05) is 71.1 Å². The van der Waals surface area contributed by atoms with Gasteiger partial charge in [0.25, 0.3) is 0 Å². The topological polar surface area (TPSA) is 48.7 Å². The van der Waals surface area contributed by atoms with E-state index in [1.54, 1.807) is 14.2 Å². The number of ether oxygens (including phenoxy) is 2. The minimum atomic E-state index is 0.0923. The maximum atomic E-state index is 12.9. The zero-order chi connectivity index (χ0) is 21.9. The number of unbranched alkanes of at least 4 members (excludes halogenated alkanes) is 10. The maximum absolute atomic E-state index is 12.9. The predicted molar refractivity (Wildman–Crippen MR) is 124 cm³/mol. The molecule has 0 spiro atoms. The molecular weight excluding hydrogens is 376 g/mol. The summed E-state index contributed by atoms with van der Waals surface area (Å²) in [6.07, 6.45) is 14.5. The number of hydrogen-bond donors (Lipinski definition) is 0. The van der Waals surface area contributed by atoms with Crippen molar-refractivity contribution in [3.63, 3.8) is 0 Å². The molecule has 0 saturated carbocycles. The second-order valence-electron chi connectivity index (χ2n) is 8.36. The van der Waals surface area contributed by atoms with E-state index in [-0.39, 0.29) is 5.78 Å². The quantitative estimate of drug-likeness (QED) is 0.218. The van der Waals surface area contributed by atoms with E-state index in [2.05, 4.69) is 6.92 Å². The number of rotatable bonds is 15. The van der Waals surface area contributed by atoms with Crippen molar-refractivity contribution in [2.45, 2.75) is 97.8 Å². The van der Waals surface area contributed by atoms with Crippen molar-refractivity contribution in [2.75, 3.05) is 14.2 Å². The van der Waals surface area contributed by atoms with Crippen molar-refractivity contribution in [3.8, 4) is 11.5 Å². The molecule has 30 heavy (non-hydrogen) atoms. The van der Waals surface area contributed by atoms with Crippen molar-refractivity contribution in [3.05, 3.63) is 23.0 Å². The molecule has 0 unspecified atom stereocenters. The average Bonchev–Trinajstić information content (AvgIpc) is 3.05. The van der Waals surface area contributed by atoms with Crippen LogP contribution in [0.15, 0.2) is 10.5 Å². The Morgan fingerprint density at radius 2 is 1.43 bits per heavy atom. The highest BCUT2D eigenvalue weighted by Gasteiger charge is 2.23. The van der Waals surface area contributed by atoms with Gasteiger partial charge in [-0.25, -0.2) is 0 Å². The zero-order valence-corrected chi connectivity index (χ0v) is 19.7. The molecule has 4 nitrogen and oxygen atoms in total. The summed E-state index contributed by atoms with van der Waals surface area (Å²) in [5.74, 6) is 2.10. The van der Waals surface area contributed by atoms with Crippen molar-refractivity contribution < 1.29 is 18.7 Å². The van der Waals surface area contributed by atoms with Gasteiger partial charge in [-0.2, -0.15) is 0 Å². The molecule has 0 N–H and O–H groups in total. The second kappa shape index (κ2) is 12.7. The van der Waals surface area contributed by atoms with Crippen LogP contribution < -0.4 is 9.47 Å². The van der Waals surface area contributed by atoms with Gasteiger partial charge in [0.05, 0.1) is 25.2 Å². The van der Waals surface area contributed by atoms with Crippen LogP contribution in [0.25, 0.3) is 11.0 Å². The van der Waals surface area contributed by atoms with Crippen molar-refractivity contribution in [1.82, 2.24) is 0 Å². The first-order valence-corrected chi connectivity index (χ1v) is 11.7. The Balaban J connectivity index is 1.84. The lowest BCUT2D eigenvalue weighted by atomic mass is 9.99. The summed E-state index contributed by atoms with van der Waals surface area (Å²) in [5.41, 5.74) is 2.18. The number of carbonyl (C=O) groups excluding carboxylic acids is 1. The molecule has 0 fully saturated rings. The van der Waals surface area contributed by atoms with E-state index in [9.17, 15) is 4.79 Å². The fraction of sp³-hybridized carbons (Fsp3) is 0.654. The summed E-state index contributed by atoms with van der Waals surface area (Å²) in [6, 6.07) is 1.81. The standard InChI is InChI=1S/C26H40O4/c1-6-7-8-9-10-11-12-13-14-15-16-17-22(27)21-18-23(28-4)24-19(2)20(3)30-26(24)25(21)29-5/h18H,6-17H2,1-5H3. The second-order valence-corrected chi connectivity index (χ2v) is 8.36. The molecule has 4 heteroatoms. The highest BCUT2D eigenvalue weighted by molar-refractivity contribution is 6.06. The molecule has 1 aromatic carbocycles. The third-order valence-corrected chi connectivity index (χ3v) is 6.09. The molecular formula is C26H40O4. The number of benzene rings is 1. The number of methoxy groups -OCH3 is 2. The summed E-state index contributed by atoms with van der Waals surface area (Å²) >= 11 is 0. The van der Waals surface area contributed by atoms with Crippen LogP contribution in [0.4, 0.5) is 0 Å². The third-order valence-electron chi connectivity index (χ3n) is 6.09. The van der Waals surface area contributed by atoms with Crippen molar-refractivity contribution >= 4 is 16.8 Å². The monoisotopic (exact) mass is 416 g/mol. The first-order valence-electron chi connectivity index (χ1n) is 11.7. The molecule has 0 amide bonds. The van der Waals surface area contributed by atoms with Crippen molar-refractivity contribution in [2.24, 2.45) is 0 Å². The number of aryl methyl sites for hydroxylation is 2. The van der Waals surface area contributed by atoms with E-state index in [4.69, 9.17) is 13.9 Å². The Labute approximate surface area is 182 Å². The van der Waals surface area contributed by atoms with Crippen molar-refractivity contribution in [1.29, 1.82) is 0 Å². The van der Waals surface area contributed by atoms with Crippen LogP contribution in [-0.2, 0) is 0 Å². The van der Waals surface area contributed by atoms with Gasteiger partial charge < -0.3 is 13.9 Å². The van der Waals surface area contributed by atoms with Gasteiger partial charge in [0, 0.05) is 12.0 Å². The van der Waals surface area contributed by atoms with E-state index < -0.39 is 0 Å². The zero-order valence-electron chi connectivity index (χ0n) is 19.7. The summed E-state index contributed by atoms with van der Waals surface area (Å²) in [4.78, 5) is 12.9. The molecule has 0 aliphatic heterocycles. The van der Waals surface area contributed by atoms with Gasteiger partial charge >= 0.3 is 0 Å². The molecule has 0 bridgehead atoms. The summed E-state index contributed by atoms with van der Waals surface area (Å²) < 4.78 is 17.0. The highest BCUT2D eigenvalue weighted by atomic mass is 16.5. The van der Waals surface area contributed by atoms with Crippen LogP contribution >= 0.6 is 0 Å². The highest BCUT2D eigenvalue weighted by Crippen LogP contribution is 2.41. The number of Topliss-reactive ketones (excluding diaryl/α,β-unsaturated/α-hetero) is 1. The summed E-state index contributed by atoms with van der Waals surface area (Å²) in [6.45, 7) is 6.17. The Hall–Kier alpha value is -1.97. The first-order chi connectivity index (χ1) is 14.5. The molecule has 168 valence electrons. The number of hydrogen-bond acceptors (Lipinski definition) is 4. The smallest absolute Gasteiger partial charge is 0.180 e. The predicted octanol–water partition coefficient (Wildman–Crippen LogP) is 7.95. The summed E-state index contributed by atoms with van der Waals surface area (Å²) in [7, 11) is 3.22. The van der Waals surface area contributed by atoms with E-state index in [0.717, 1.165) is 29.6 Å². The van der Waals surface area contributed by atoms with Crippen LogP contribution in [0.3, 0.4) is 0 Å². The molecule has 1 aromatic heterocycles. The number of ketones is 1. The Morgan fingerprint density at radius 1 is 0.867 bits per heavy atom. The van der Waals surface area contributed by atoms with Crippen LogP contribution in [0, 0.1) is 13.8 Å². The van der Waals surface area contributed by atoms with Gasteiger partial charge in [0.15, 0.2) is 17.1 Å². The maximum Gasteiger partial charge on any atom is 0.180 e. The number of fused-ring (bicyclic) bond motifs is 1. The minimum Gasteiger partial charge on any atom is -0.496 e. The Morgan fingerprint density at radius 3 is 1.97 bits per heavy atom. The van der Waals surface area contributed by atoms with Crippen LogP contribution in [-0.4, -0.2) is 20.0 Å². The molecule has 0 aliphatic rings. The van der Waals surface area contributed by atoms with E-state index in [0.29, 0.717) is 29.1 Å².